The highest BCUT2D eigenvalue weighted by atomic mass is 32.2. The van der Waals surface area contributed by atoms with Crippen LogP contribution in [0.15, 0.2) is 103 Å². The van der Waals surface area contributed by atoms with Gasteiger partial charge in [0, 0.05) is 18.5 Å². The van der Waals surface area contributed by atoms with E-state index in [-0.39, 0.29) is 36.4 Å². The molecule has 262 valence electrons. The lowest BCUT2D eigenvalue weighted by Crippen LogP contribution is -2.46. The van der Waals surface area contributed by atoms with Crippen LogP contribution in [-0.2, 0) is 51.0 Å². The summed E-state index contributed by atoms with van der Waals surface area (Å²) in [5.41, 5.74) is 15.9. The third-order valence-corrected chi connectivity index (χ3v) is 10.2. The number of carbonyl (C=O) groups excluding carboxylic acids is 2. The van der Waals surface area contributed by atoms with E-state index in [2.05, 4.69) is 5.32 Å². The van der Waals surface area contributed by atoms with E-state index in [1.165, 1.54) is 18.2 Å². The second-order valence-electron chi connectivity index (χ2n) is 12.5. The van der Waals surface area contributed by atoms with Crippen LogP contribution in [-0.4, -0.2) is 48.8 Å². The topological polar surface area (TPSA) is 193 Å². The second kappa shape index (κ2) is 18.0. The lowest BCUT2D eigenvalue weighted by molar-refractivity contribution is -0.130. The number of carboxylic acids is 1. The molecule has 1 amide bonds. The van der Waals surface area contributed by atoms with E-state index in [0.717, 1.165) is 22.3 Å². The average molecular weight is 697 g/mol. The van der Waals surface area contributed by atoms with Gasteiger partial charge in [-0.15, -0.1) is 0 Å². The summed E-state index contributed by atoms with van der Waals surface area (Å²) in [6.07, 6.45) is 2.17. The van der Waals surface area contributed by atoms with Gasteiger partial charge in [0.15, 0.2) is 15.6 Å². The molecule has 4 rings (SSSR count). The van der Waals surface area contributed by atoms with Crippen molar-refractivity contribution in [2.45, 2.75) is 56.9 Å². The first kappa shape index (κ1) is 37.7. The van der Waals surface area contributed by atoms with Crippen LogP contribution in [0.1, 0.15) is 63.0 Å². The number of hydrogen-bond donors (Lipinski definition) is 5. The summed E-state index contributed by atoms with van der Waals surface area (Å²) in [5, 5.41) is 19.9. The van der Waals surface area contributed by atoms with Crippen LogP contribution in [0.25, 0.3) is 0 Å². The molecule has 0 aliphatic heterocycles. The highest BCUT2D eigenvalue weighted by Gasteiger charge is 2.30. The smallest absolute Gasteiger partial charge is 0.335 e. The largest absolute Gasteiger partial charge is 0.478 e. The van der Waals surface area contributed by atoms with Crippen molar-refractivity contribution in [1.82, 2.24) is 5.32 Å². The summed E-state index contributed by atoms with van der Waals surface area (Å²) in [6, 6.07) is 29.1. The average Bonchev–Trinajstić information content (AvgIpc) is 3.10. The zero-order valence-electron chi connectivity index (χ0n) is 27.9. The molecule has 0 heterocycles. The monoisotopic (exact) mass is 696 g/mol. The molecular formula is C39H44N4O6S. The molecule has 0 unspecified atom stereocenters. The molecule has 0 bridgehead atoms. The van der Waals surface area contributed by atoms with Crippen LogP contribution in [0.4, 0.5) is 0 Å². The van der Waals surface area contributed by atoms with Gasteiger partial charge in [-0.2, -0.15) is 0 Å². The summed E-state index contributed by atoms with van der Waals surface area (Å²) < 4.78 is 27.0. The van der Waals surface area contributed by atoms with Crippen molar-refractivity contribution in [1.29, 1.82) is 5.41 Å². The fourth-order valence-electron chi connectivity index (χ4n) is 5.85. The van der Waals surface area contributed by atoms with Gasteiger partial charge in [0.05, 0.1) is 29.0 Å². The number of aryl methyl sites for hydroxylation is 2. The number of Topliss-reactive ketones (excluding diaryl/α,β-unsaturated/α-hetero) is 1. The fourth-order valence-corrected chi connectivity index (χ4v) is 7.58. The zero-order valence-corrected chi connectivity index (χ0v) is 28.7. The molecular weight excluding hydrogens is 653 g/mol. The number of nitrogens with two attached hydrogens (primary N) is 2. The molecule has 10 nitrogen and oxygen atoms in total. The minimum absolute atomic E-state index is 0.0234. The Morgan fingerprint density at radius 3 is 2.08 bits per heavy atom. The Kier molecular flexibility index (Phi) is 13.6. The summed E-state index contributed by atoms with van der Waals surface area (Å²) >= 11 is 0. The van der Waals surface area contributed by atoms with Crippen molar-refractivity contribution in [2.24, 2.45) is 17.4 Å². The Balaban J connectivity index is 1.55. The molecule has 0 aliphatic carbocycles. The van der Waals surface area contributed by atoms with Crippen LogP contribution >= 0.6 is 0 Å². The molecule has 2 atom stereocenters. The highest BCUT2D eigenvalue weighted by molar-refractivity contribution is 7.90. The van der Waals surface area contributed by atoms with E-state index in [1.54, 1.807) is 18.2 Å². The van der Waals surface area contributed by atoms with Gasteiger partial charge in [-0.3, -0.25) is 15.0 Å². The first-order valence-electron chi connectivity index (χ1n) is 16.5. The molecule has 0 spiro atoms. The van der Waals surface area contributed by atoms with Crippen molar-refractivity contribution in [3.63, 3.8) is 0 Å². The number of rotatable bonds is 19. The number of aromatic carboxylic acids is 1. The molecule has 7 N–H and O–H groups in total. The maximum atomic E-state index is 14.0. The summed E-state index contributed by atoms with van der Waals surface area (Å²) in [6.45, 7) is 0.311. The van der Waals surface area contributed by atoms with E-state index < -0.39 is 45.2 Å². The van der Waals surface area contributed by atoms with Crippen molar-refractivity contribution in [3.05, 3.63) is 142 Å². The SMILES string of the molecule is N=C(N)c1ccc(CCC(=O)[C@H](Cc2cccc(CN)c2)NC(=O)[C@@H](CCCc2ccccc2)CS(=O)(=O)Cc2cccc(C(=O)O)c2)cc1. The zero-order chi connectivity index (χ0) is 36.1. The van der Waals surface area contributed by atoms with Crippen molar-refractivity contribution < 1.29 is 27.9 Å². The molecule has 4 aromatic carbocycles. The maximum absolute atomic E-state index is 14.0. The minimum atomic E-state index is -3.87. The highest BCUT2D eigenvalue weighted by Crippen LogP contribution is 2.19. The van der Waals surface area contributed by atoms with E-state index in [9.17, 15) is 27.9 Å². The van der Waals surface area contributed by atoms with Gasteiger partial charge in [0.1, 0.15) is 5.84 Å². The number of ketones is 1. The predicted octanol–water partition coefficient (Wildman–Crippen LogP) is 4.61. The van der Waals surface area contributed by atoms with Gasteiger partial charge < -0.3 is 21.9 Å². The van der Waals surface area contributed by atoms with Gasteiger partial charge in [0.25, 0.3) is 0 Å². The number of carbonyl (C=O) groups is 3. The Morgan fingerprint density at radius 2 is 1.40 bits per heavy atom. The first-order chi connectivity index (χ1) is 23.9. The number of nitrogens with one attached hydrogen (secondary N) is 2. The number of nitrogen functional groups attached to an aromatic ring is 1. The Bertz CT molecular complexity index is 1900. The summed E-state index contributed by atoms with van der Waals surface area (Å²) in [7, 11) is -3.87. The summed E-state index contributed by atoms with van der Waals surface area (Å²) in [4.78, 5) is 39.2. The predicted molar refractivity (Wildman–Crippen MR) is 195 cm³/mol. The second-order valence-corrected chi connectivity index (χ2v) is 14.6. The minimum Gasteiger partial charge on any atom is -0.478 e. The Hall–Kier alpha value is -5.13. The standard InChI is InChI=1S/C39H44N4O6S/c40-24-30-11-4-10-29(21-30)23-35(36(44)20-17-28-15-18-32(19-16-28)37(41)42)43-38(45)34(14-5-9-27-7-2-1-3-8-27)26-50(48,49)25-31-12-6-13-33(22-31)39(46)47/h1-4,6-8,10-13,15-16,18-19,21-22,34-35H,5,9,14,17,20,23-26,40H2,(H3,41,42)(H,43,45)(H,46,47)/t34-,35-/m0/s1. The van der Waals surface area contributed by atoms with Gasteiger partial charge in [-0.25, -0.2) is 13.2 Å². The van der Waals surface area contributed by atoms with Crippen LogP contribution in [0.5, 0.6) is 0 Å². The summed E-state index contributed by atoms with van der Waals surface area (Å²) in [5.74, 6) is -3.78. The Morgan fingerprint density at radius 1 is 0.760 bits per heavy atom. The van der Waals surface area contributed by atoms with Crippen LogP contribution in [0, 0.1) is 11.3 Å². The first-order valence-corrected chi connectivity index (χ1v) is 18.4. The molecule has 0 saturated carbocycles. The van der Waals surface area contributed by atoms with Crippen molar-refractivity contribution in [2.75, 3.05) is 5.75 Å². The lowest BCUT2D eigenvalue weighted by Gasteiger charge is -2.23. The molecule has 0 radical (unpaired) electrons. The number of carboxylic acid groups (broad SMARTS) is 1. The third-order valence-electron chi connectivity index (χ3n) is 8.54. The number of hydrogen-bond acceptors (Lipinski definition) is 7. The normalized spacial score (nSPS) is 12.5. The van der Waals surface area contributed by atoms with Crippen LogP contribution < -0.4 is 16.8 Å². The van der Waals surface area contributed by atoms with E-state index in [4.69, 9.17) is 16.9 Å². The van der Waals surface area contributed by atoms with Crippen LogP contribution in [0.3, 0.4) is 0 Å². The molecule has 4 aromatic rings. The van der Waals surface area contributed by atoms with Gasteiger partial charge >= 0.3 is 5.97 Å². The van der Waals surface area contributed by atoms with Gasteiger partial charge in [-0.05, 0) is 72.1 Å². The lowest BCUT2D eigenvalue weighted by atomic mass is 9.95. The molecule has 0 saturated heterocycles. The van der Waals surface area contributed by atoms with Crippen LogP contribution in [0.2, 0.25) is 0 Å². The molecule has 0 aromatic heterocycles. The molecule has 11 heteroatoms. The molecule has 0 fully saturated rings. The number of sulfone groups is 1. The van der Waals surface area contributed by atoms with Gasteiger partial charge in [-0.1, -0.05) is 91.0 Å². The molecule has 0 aliphatic rings. The maximum Gasteiger partial charge on any atom is 0.335 e. The van der Waals surface area contributed by atoms with E-state index in [0.29, 0.717) is 36.9 Å². The Labute approximate surface area is 293 Å². The van der Waals surface area contributed by atoms with Crippen molar-refractivity contribution >= 4 is 33.3 Å². The van der Waals surface area contributed by atoms with Gasteiger partial charge in [0.2, 0.25) is 5.91 Å². The molecule has 50 heavy (non-hydrogen) atoms. The number of amides is 1. The quantitative estimate of drug-likeness (QED) is 0.0693. The fraction of sp³-hybridized carbons (Fsp3) is 0.282. The number of benzene rings is 4. The van der Waals surface area contributed by atoms with E-state index >= 15 is 0 Å². The number of amidine groups is 1. The van der Waals surface area contributed by atoms with E-state index in [1.807, 2.05) is 66.7 Å². The third kappa shape index (κ3) is 11.8. The van der Waals surface area contributed by atoms with Crippen molar-refractivity contribution in [3.8, 4) is 0 Å².